The molecule has 1 aliphatic heterocycles. The quantitative estimate of drug-likeness (QED) is 0.689. The minimum absolute atomic E-state index is 0.0775. The number of hydrogen-bond donors (Lipinski definition) is 0. The van der Waals surface area contributed by atoms with Crippen molar-refractivity contribution in [2.75, 3.05) is 26.5 Å². The third kappa shape index (κ3) is 4.79. The van der Waals surface area contributed by atoms with E-state index in [0.29, 0.717) is 24.8 Å². The molecule has 158 valence electrons. The van der Waals surface area contributed by atoms with Gasteiger partial charge in [0.05, 0.1) is 12.0 Å². The van der Waals surface area contributed by atoms with Gasteiger partial charge in [0, 0.05) is 19.3 Å². The highest BCUT2D eigenvalue weighted by molar-refractivity contribution is 7.91. The first-order valence-electron chi connectivity index (χ1n) is 9.24. The first-order valence-corrected chi connectivity index (χ1v) is 12.6. The van der Waals surface area contributed by atoms with Crippen LogP contribution in [0.2, 0.25) is 0 Å². The summed E-state index contributed by atoms with van der Waals surface area (Å²) in [7, 11) is -6.14. The van der Waals surface area contributed by atoms with Gasteiger partial charge in [-0.3, -0.25) is 0 Å². The number of hydrogen-bond acceptors (Lipinski definition) is 5. The summed E-state index contributed by atoms with van der Waals surface area (Å²) >= 11 is 0. The highest BCUT2D eigenvalue weighted by atomic mass is 32.2. The summed E-state index contributed by atoms with van der Waals surface area (Å²) in [6.45, 7) is 0.571. The van der Waals surface area contributed by atoms with Gasteiger partial charge >= 0.3 is 0 Å². The number of sulfonamides is 1. The third-order valence-corrected chi connectivity index (χ3v) is 8.25. The van der Waals surface area contributed by atoms with E-state index in [1.807, 2.05) is 0 Å². The monoisotopic (exact) mass is 441 g/mol. The molecule has 2 aromatic carbocycles. The zero-order valence-electron chi connectivity index (χ0n) is 16.3. The summed E-state index contributed by atoms with van der Waals surface area (Å²) in [5.74, 6) is 0.0401. The maximum atomic E-state index is 13.9. The van der Waals surface area contributed by atoms with Crippen LogP contribution < -0.4 is 4.74 Å². The predicted octanol–water partition coefficient (Wildman–Crippen LogP) is 2.88. The highest BCUT2D eigenvalue weighted by Gasteiger charge is 2.32. The minimum atomic E-state index is -3.92. The van der Waals surface area contributed by atoms with Crippen molar-refractivity contribution in [3.63, 3.8) is 0 Å². The SMILES string of the molecule is COc1ccc(S(C)(=O)=O)cc1S(=O)(=O)N1CCC(Cc2ccccc2F)CC1. The van der Waals surface area contributed by atoms with Crippen molar-refractivity contribution in [3.05, 3.63) is 53.8 Å². The van der Waals surface area contributed by atoms with Crippen LogP contribution in [-0.4, -0.2) is 47.6 Å². The smallest absolute Gasteiger partial charge is 0.246 e. The normalized spacial score (nSPS) is 16.7. The second-order valence-corrected chi connectivity index (χ2v) is 11.1. The summed E-state index contributed by atoms with van der Waals surface area (Å²) < 4.78 is 70.4. The molecule has 0 amide bonds. The van der Waals surface area contributed by atoms with E-state index in [1.54, 1.807) is 18.2 Å². The Kier molecular flexibility index (Phi) is 6.30. The average Bonchev–Trinajstić information content (AvgIpc) is 2.69. The second kappa shape index (κ2) is 8.41. The minimum Gasteiger partial charge on any atom is -0.495 e. The van der Waals surface area contributed by atoms with Gasteiger partial charge in [-0.05, 0) is 55.0 Å². The molecule has 0 aliphatic carbocycles. The number of methoxy groups -OCH3 is 1. The molecule has 0 atom stereocenters. The molecule has 1 saturated heterocycles. The summed E-state index contributed by atoms with van der Waals surface area (Å²) in [4.78, 5) is -0.234. The molecule has 1 aliphatic rings. The van der Waals surface area contributed by atoms with Gasteiger partial charge in [-0.25, -0.2) is 21.2 Å². The van der Waals surface area contributed by atoms with Crippen LogP contribution in [0.4, 0.5) is 4.39 Å². The molecule has 1 heterocycles. The summed E-state index contributed by atoms with van der Waals surface area (Å²) in [6.07, 6.45) is 2.79. The van der Waals surface area contributed by atoms with E-state index in [9.17, 15) is 21.2 Å². The predicted molar refractivity (Wildman–Crippen MR) is 108 cm³/mol. The first-order chi connectivity index (χ1) is 13.6. The van der Waals surface area contributed by atoms with Gasteiger partial charge in [0.15, 0.2) is 9.84 Å². The number of piperidine rings is 1. The molecule has 2 aromatic rings. The maximum Gasteiger partial charge on any atom is 0.246 e. The number of ether oxygens (including phenoxy) is 1. The van der Waals surface area contributed by atoms with Crippen molar-refractivity contribution in [3.8, 4) is 5.75 Å². The summed E-state index contributed by atoms with van der Waals surface area (Å²) in [5.41, 5.74) is 0.635. The summed E-state index contributed by atoms with van der Waals surface area (Å²) in [6, 6.07) is 10.4. The number of nitrogens with zero attached hydrogens (tertiary/aromatic N) is 1. The van der Waals surface area contributed by atoms with Crippen LogP contribution in [0.1, 0.15) is 18.4 Å². The lowest BCUT2D eigenvalue weighted by Gasteiger charge is -2.31. The van der Waals surface area contributed by atoms with E-state index >= 15 is 0 Å². The molecule has 0 bridgehead atoms. The Labute approximate surface area is 171 Å². The highest BCUT2D eigenvalue weighted by Crippen LogP contribution is 2.32. The molecule has 0 unspecified atom stereocenters. The molecule has 0 spiro atoms. The number of benzene rings is 2. The lowest BCUT2D eigenvalue weighted by atomic mass is 9.91. The standard InChI is InChI=1S/C20H24FNO5S2/c1-27-19-8-7-17(28(2,23)24)14-20(19)29(25,26)22-11-9-15(10-12-22)13-16-5-3-4-6-18(16)21/h3-8,14-15H,9-13H2,1-2H3. The molecule has 0 radical (unpaired) electrons. The van der Waals surface area contributed by atoms with Crippen molar-refractivity contribution in [1.29, 1.82) is 0 Å². The van der Waals surface area contributed by atoms with Crippen molar-refractivity contribution < 1.29 is 26.0 Å². The van der Waals surface area contributed by atoms with Gasteiger partial charge in [0.25, 0.3) is 0 Å². The van der Waals surface area contributed by atoms with Gasteiger partial charge in [-0.15, -0.1) is 0 Å². The van der Waals surface area contributed by atoms with Crippen molar-refractivity contribution in [2.45, 2.75) is 29.1 Å². The topological polar surface area (TPSA) is 80.8 Å². The fraction of sp³-hybridized carbons (Fsp3) is 0.400. The van der Waals surface area contributed by atoms with E-state index in [4.69, 9.17) is 4.74 Å². The van der Waals surface area contributed by atoms with Gasteiger partial charge in [0.2, 0.25) is 10.0 Å². The van der Waals surface area contributed by atoms with Crippen molar-refractivity contribution in [1.82, 2.24) is 4.31 Å². The molecule has 1 fully saturated rings. The average molecular weight is 442 g/mol. The number of sulfone groups is 1. The van der Waals surface area contributed by atoms with Crippen LogP contribution in [0.3, 0.4) is 0 Å². The number of rotatable bonds is 6. The lowest BCUT2D eigenvalue weighted by molar-refractivity contribution is 0.270. The van der Waals surface area contributed by atoms with Crippen molar-refractivity contribution in [2.24, 2.45) is 5.92 Å². The van der Waals surface area contributed by atoms with Gasteiger partial charge in [-0.1, -0.05) is 18.2 Å². The van der Waals surface area contributed by atoms with Gasteiger partial charge in [0.1, 0.15) is 16.5 Å². The Morgan fingerprint density at radius 2 is 1.72 bits per heavy atom. The third-order valence-electron chi connectivity index (χ3n) is 5.22. The Morgan fingerprint density at radius 1 is 1.07 bits per heavy atom. The number of halogens is 1. The van der Waals surface area contributed by atoms with E-state index in [2.05, 4.69) is 0 Å². The molecule has 0 N–H and O–H groups in total. The lowest BCUT2D eigenvalue weighted by Crippen LogP contribution is -2.39. The van der Waals surface area contributed by atoms with E-state index in [0.717, 1.165) is 12.3 Å². The van der Waals surface area contributed by atoms with E-state index in [-0.39, 0.29) is 40.4 Å². The van der Waals surface area contributed by atoms with Crippen LogP contribution in [0, 0.1) is 11.7 Å². The zero-order chi connectivity index (χ0) is 21.2. The van der Waals surface area contributed by atoms with Crippen LogP contribution in [0.25, 0.3) is 0 Å². The second-order valence-electron chi connectivity index (χ2n) is 7.23. The molecule has 6 nitrogen and oxygen atoms in total. The molecule has 9 heteroatoms. The Hall–Kier alpha value is -1.97. The summed E-state index contributed by atoms with van der Waals surface area (Å²) in [5, 5.41) is 0. The molecule has 0 saturated carbocycles. The molecular weight excluding hydrogens is 417 g/mol. The Bertz CT molecular complexity index is 1090. The van der Waals surface area contributed by atoms with Crippen molar-refractivity contribution >= 4 is 19.9 Å². The van der Waals surface area contributed by atoms with Crippen LogP contribution in [0.15, 0.2) is 52.3 Å². The first kappa shape index (κ1) is 21.7. The van der Waals surface area contributed by atoms with E-state index < -0.39 is 19.9 Å². The zero-order valence-corrected chi connectivity index (χ0v) is 18.0. The maximum absolute atomic E-state index is 13.9. The van der Waals surface area contributed by atoms with Crippen LogP contribution in [-0.2, 0) is 26.3 Å². The molecule has 0 aromatic heterocycles. The molecule has 29 heavy (non-hydrogen) atoms. The fourth-order valence-electron chi connectivity index (χ4n) is 3.56. The largest absolute Gasteiger partial charge is 0.495 e. The molecular formula is C20H24FNO5S2. The van der Waals surface area contributed by atoms with Gasteiger partial charge < -0.3 is 4.74 Å². The Morgan fingerprint density at radius 3 is 2.31 bits per heavy atom. The fourth-order valence-corrected chi connectivity index (χ4v) is 5.93. The van der Waals surface area contributed by atoms with Crippen LogP contribution in [0.5, 0.6) is 5.75 Å². The van der Waals surface area contributed by atoms with Crippen LogP contribution >= 0.6 is 0 Å². The van der Waals surface area contributed by atoms with Gasteiger partial charge in [-0.2, -0.15) is 4.31 Å². The Balaban J connectivity index is 1.79. The molecule has 3 rings (SSSR count). The van der Waals surface area contributed by atoms with E-state index in [1.165, 1.54) is 29.6 Å².